The third kappa shape index (κ3) is 5.25. The van der Waals surface area contributed by atoms with Crippen molar-refractivity contribution in [1.82, 2.24) is 15.2 Å². The molecule has 0 unspecified atom stereocenters. The quantitative estimate of drug-likeness (QED) is 0.268. The summed E-state index contributed by atoms with van der Waals surface area (Å²) >= 11 is 5.63. The van der Waals surface area contributed by atoms with Crippen LogP contribution in [-0.4, -0.2) is 38.5 Å². The van der Waals surface area contributed by atoms with Gasteiger partial charge in [-0.3, -0.25) is 9.78 Å². The monoisotopic (exact) mass is 530 g/mol. The number of thiocarbonyl (C=S) groups is 1. The third-order valence-corrected chi connectivity index (χ3v) is 6.59. The van der Waals surface area contributed by atoms with E-state index in [0.717, 1.165) is 5.69 Å². The number of carboxylic acids is 1. The third-order valence-electron chi connectivity index (χ3n) is 6.24. The number of aromatic nitrogens is 1. The van der Waals surface area contributed by atoms with Crippen LogP contribution in [0.1, 0.15) is 40.3 Å². The van der Waals surface area contributed by atoms with Gasteiger partial charge in [-0.25, -0.2) is 9.18 Å². The summed E-state index contributed by atoms with van der Waals surface area (Å²) in [5.41, 5.74) is 1.62. The van der Waals surface area contributed by atoms with Crippen molar-refractivity contribution in [2.45, 2.75) is 18.5 Å². The smallest absolute Gasteiger partial charge is 0.335 e. The van der Waals surface area contributed by atoms with Gasteiger partial charge in [0.05, 0.1) is 23.0 Å². The van der Waals surface area contributed by atoms with Crippen LogP contribution in [0.15, 0.2) is 89.5 Å². The van der Waals surface area contributed by atoms with Crippen LogP contribution in [0.2, 0.25) is 0 Å². The number of benzene rings is 2. The lowest BCUT2D eigenvalue weighted by atomic mass is 10.0. The molecule has 5 rings (SSSR count). The SMILES string of the molecule is O=C(CCN1C(=S)N[C@H](c2ccccn2)[C@@H]1c1ccc(-c2cccc(C(=O)O)c2)o1)Nc1ccccc1F. The maximum Gasteiger partial charge on any atom is 0.335 e. The molecule has 1 saturated heterocycles. The predicted octanol–water partition coefficient (Wildman–Crippen LogP) is 5.18. The summed E-state index contributed by atoms with van der Waals surface area (Å²) in [5, 5.41) is 15.7. The van der Waals surface area contributed by atoms with Gasteiger partial charge in [-0.15, -0.1) is 0 Å². The maximum atomic E-state index is 14.0. The van der Waals surface area contributed by atoms with E-state index in [1.807, 2.05) is 29.2 Å². The van der Waals surface area contributed by atoms with Crippen LogP contribution in [-0.2, 0) is 4.79 Å². The second-order valence-corrected chi connectivity index (χ2v) is 9.07. The number of para-hydroxylation sites is 1. The summed E-state index contributed by atoms with van der Waals surface area (Å²) in [7, 11) is 0. The van der Waals surface area contributed by atoms with E-state index in [4.69, 9.17) is 16.6 Å². The molecule has 3 heterocycles. The Morgan fingerprint density at radius 3 is 2.66 bits per heavy atom. The molecule has 10 heteroatoms. The van der Waals surface area contributed by atoms with E-state index >= 15 is 0 Å². The molecule has 3 N–H and O–H groups in total. The summed E-state index contributed by atoms with van der Waals surface area (Å²) in [5.74, 6) is -0.832. The van der Waals surface area contributed by atoms with Gasteiger partial charge < -0.3 is 25.1 Å². The summed E-state index contributed by atoms with van der Waals surface area (Å²) in [6.07, 6.45) is 1.74. The van der Waals surface area contributed by atoms with E-state index in [0.29, 0.717) is 22.2 Å². The average Bonchev–Trinajstić information content (AvgIpc) is 3.54. The lowest BCUT2D eigenvalue weighted by Crippen LogP contribution is -2.32. The minimum atomic E-state index is -1.03. The molecule has 0 radical (unpaired) electrons. The van der Waals surface area contributed by atoms with Crippen LogP contribution < -0.4 is 10.6 Å². The number of carbonyl (C=O) groups is 2. The zero-order valence-corrected chi connectivity index (χ0v) is 20.8. The highest BCUT2D eigenvalue weighted by Crippen LogP contribution is 2.40. The van der Waals surface area contributed by atoms with Gasteiger partial charge >= 0.3 is 5.97 Å². The fourth-order valence-electron chi connectivity index (χ4n) is 4.42. The lowest BCUT2D eigenvalue weighted by Gasteiger charge is -2.25. The number of nitrogens with zero attached hydrogens (tertiary/aromatic N) is 2. The molecule has 1 aliphatic rings. The van der Waals surface area contributed by atoms with Crippen LogP contribution in [0.5, 0.6) is 0 Å². The topological polar surface area (TPSA) is 108 Å². The largest absolute Gasteiger partial charge is 0.478 e. The number of halogens is 1. The number of amides is 1. The molecule has 38 heavy (non-hydrogen) atoms. The summed E-state index contributed by atoms with van der Waals surface area (Å²) in [4.78, 5) is 30.4. The number of hydrogen-bond donors (Lipinski definition) is 3. The Balaban J connectivity index is 1.41. The normalized spacial score (nSPS) is 16.8. The van der Waals surface area contributed by atoms with Crippen molar-refractivity contribution in [3.05, 3.63) is 108 Å². The number of rotatable bonds is 8. The van der Waals surface area contributed by atoms with Crippen LogP contribution in [0.25, 0.3) is 11.3 Å². The number of aromatic carboxylic acids is 1. The molecule has 2 atom stereocenters. The molecule has 2 aromatic carbocycles. The first-order valence-corrected chi connectivity index (χ1v) is 12.3. The highest BCUT2D eigenvalue weighted by Gasteiger charge is 2.41. The fraction of sp³-hybridized carbons (Fsp3) is 0.143. The number of pyridine rings is 1. The first-order chi connectivity index (χ1) is 18.4. The molecular formula is C28H23FN4O4S. The van der Waals surface area contributed by atoms with E-state index in [-0.39, 0.29) is 36.2 Å². The van der Waals surface area contributed by atoms with Gasteiger partial charge in [0, 0.05) is 24.7 Å². The molecular weight excluding hydrogens is 507 g/mol. The lowest BCUT2D eigenvalue weighted by molar-refractivity contribution is -0.116. The van der Waals surface area contributed by atoms with Crippen molar-refractivity contribution in [3.63, 3.8) is 0 Å². The second kappa shape index (κ2) is 10.8. The molecule has 1 amide bonds. The molecule has 1 fully saturated rings. The Hall–Kier alpha value is -4.57. The molecule has 1 aliphatic heterocycles. The van der Waals surface area contributed by atoms with Gasteiger partial charge in [0.25, 0.3) is 0 Å². The Kier molecular flexibility index (Phi) is 7.14. The van der Waals surface area contributed by atoms with E-state index in [9.17, 15) is 19.1 Å². The average molecular weight is 531 g/mol. The van der Waals surface area contributed by atoms with Crippen LogP contribution >= 0.6 is 12.2 Å². The number of nitrogens with one attached hydrogen (secondary N) is 2. The summed E-state index contributed by atoms with van der Waals surface area (Å²) < 4.78 is 20.2. The van der Waals surface area contributed by atoms with E-state index in [1.165, 1.54) is 18.2 Å². The Morgan fingerprint density at radius 2 is 1.89 bits per heavy atom. The molecule has 0 spiro atoms. The number of furan rings is 1. The van der Waals surface area contributed by atoms with Gasteiger partial charge in [-0.05, 0) is 60.7 Å². The standard InChI is InChI=1S/C28H23FN4O4S/c29-19-8-1-2-9-20(19)31-24(34)13-15-33-26(25(32-28(33)38)21-10-3-4-14-30-21)23-12-11-22(37-23)17-6-5-7-18(16-17)27(35)36/h1-12,14,16,25-26H,13,15H2,(H,31,34)(H,32,38)(H,35,36)/t25-,26+/m1/s1. The van der Waals surface area contributed by atoms with E-state index in [1.54, 1.807) is 42.6 Å². The highest BCUT2D eigenvalue weighted by molar-refractivity contribution is 7.80. The van der Waals surface area contributed by atoms with Crippen molar-refractivity contribution < 1.29 is 23.5 Å². The molecule has 192 valence electrons. The molecule has 0 bridgehead atoms. The summed E-state index contributed by atoms with van der Waals surface area (Å²) in [6.45, 7) is 0.241. The van der Waals surface area contributed by atoms with Gasteiger partial charge in [-0.2, -0.15) is 0 Å². The van der Waals surface area contributed by atoms with Crippen LogP contribution in [0.3, 0.4) is 0 Å². The maximum absolute atomic E-state index is 14.0. The van der Waals surface area contributed by atoms with E-state index < -0.39 is 17.8 Å². The zero-order valence-electron chi connectivity index (χ0n) is 20.0. The van der Waals surface area contributed by atoms with Crippen molar-refractivity contribution in [1.29, 1.82) is 0 Å². The van der Waals surface area contributed by atoms with Crippen LogP contribution in [0.4, 0.5) is 10.1 Å². The van der Waals surface area contributed by atoms with Gasteiger partial charge in [0.2, 0.25) is 5.91 Å². The number of anilines is 1. The van der Waals surface area contributed by atoms with E-state index in [2.05, 4.69) is 15.6 Å². The van der Waals surface area contributed by atoms with Crippen molar-refractivity contribution >= 4 is 34.9 Å². The Labute approximate surface area is 223 Å². The number of carbonyl (C=O) groups excluding carboxylic acids is 1. The molecule has 4 aromatic rings. The minimum Gasteiger partial charge on any atom is -0.478 e. The van der Waals surface area contributed by atoms with Crippen molar-refractivity contribution in [2.24, 2.45) is 0 Å². The number of carboxylic acid groups (broad SMARTS) is 1. The zero-order chi connectivity index (χ0) is 26.6. The van der Waals surface area contributed by atoms with Crippen LogP contribution in [0, 0.1) is 5.82 Å². The Bertz CT molecular complexity index is 1490. The minimum absolute atomic E-state index is 0.0514. The van der Waals surface area contributed by atoms with Crippen molar-refractivity contribution in [2.75, 3.05) is 11.9 Å². The van der Waals surface area contributed by atoms with Gasteiger partial charge in [0.15, 0.2) is 5.11 Å². The first kappa shape index (κ1) is 25.1. The highest BCUT2D eigenvalue weighted by atomic mass is 32.1. The summed E-state index contributed by atoms with van der Waals surface area (Å²) in [6, 6.07) is 20.8. The van der Waals surface area contributed by atoms with Gasteiger partial charge in [-0.1, -0.05) is 30.3 Å². The van der Waals surface area contributed by atoms with Gasteiger partial charge in [0.1, 0.15) is 23.4 Å². The molecule has 0 saturated carbocycles. The van der Waals surface area contributed by atoms with Crippen molar-refractivity contribution in [3.8, 4) is 11.3 Å². The number of hydrogen-bond acceptors (Lipinski definition) is 5. The fourth-order valence-corrected chi connectivity index (χ4v) is 4.76. The second-order valence-electron chi connectivity index (χ2n) is 8.69. The first-order valence-electron chi connectivity index (χ1n) is 11.9. The molecule has 8 nitrogen and oxygen atoms in total. The molecule has 2 aromatic heterocycles. The Morgan fingerprint density at radius 1 is 1.08 bits per heavy atom. The molecule has 0 aliphatic carbocycles. The predicted molar refractivity (Wildman–Crippen MR) is 143 cm³/mol.